The molecule has 0 saturated carbocycles. The lowest BCUT2D eigenvalue weighted by atomic mass is 10.2. The molecule has 4 aromatic rings. The standard InChI is InChI=1S/C25H23N3O6/c1-16(28-19-10-3-4-11-20(19)34-25(28)31)24(30)27-18-9-7-8-17(14-18)26-23(29)15-33-22-13-6-5-12-21(22)32-2/h3-14,16H,15H2,1-2H3,(H,26,29)(H,27,30). The van der Waals surface area contributed by atoms with Gasteiger partial charge in [-0.25, -0.2) is 4.79 Å². The van der Waals surface area contributed by atoms with E-state index in [4.69, 9.17) is 13.9 Å². The molecule has 0 fully saturated rings. The normalized spacial score (nSPS) is 11.6. The number of fused-ring (bicyclic) bond motifs is 1. The molecule has 0 radical (unpaired) electrons. The molecule has 0 aliphatic heterocycles. The molecular formula is C25H23N3O6. The van der Waals surface area contributed by atoms with Crippen molar-refractivity contribution in [1.82, 2.24) is 4.57 Å². The average molecular weight is 461 g/mol. The van der Waals surface area contributed by atoms with Crippen LogP contribution >= 0.6 is 0 Å². The Morgan fingerprint density at radius 1 is 0.941 bits per heavy atom. The number of oxazole rings is 1. The largest absolute Gasteiger partial charge is 0.493 e. The maximum absolute atomic E-state index is 12.8. The van der Waals surface area contributed by atoms with E-state index < -0.39 is 17.7 Å². The lowest BCUT2D eigenvalue weighted by molar-refractivity contribution is -0.119. The van der Waals surface area contributed by atoms with Gasteiger partial charge < -0.3 is 24.5 Å². The second-order valence-corrected chi connectivity index (χ2v) is 7.44. The fourth-order valence-corrected chi connectivity index (χ4v) is 3.47. The van der Waals surface area contributed by atoms with Gasteiger partial charge in [-0.15, -0.1) is 0 Å². The highest BCUT2D eigenvalue weighted by molar-refractivity contribution is 5.96. The van der Waals surface area contributed by atoms with Crippen LogP contribution in [0.25, 0.3) is 11.1 Å². The highest BCUT2D eigenvalue weighted by atomic mass is 16.5. The molecule has 0 spiro atoms. The first-order valence-corrected chi connectivity index (χ1v) is 10.5. The summed E-state index contributed by atoms with van der Waals surface area (Å²) in [6.45, 7) is 1.39. The lowest BCUT2D eigenvalue weighted by Crippen LogP contribution is -2.29. The molecule has 3 aromatic carbocycles. The van der Waals surface area contributed by atoms with Gasteiger partial charge in [0.15, 0.2) is 23.7 Å². The third kappa shape index (κ3) is 4.93. The van der Waals surface area contributed by atoms with Crippen molar-refractivity contribution in [1.29, 1.82) is 0 Å². The summed E-state index contributed by atoms with van der Waals surface area (Å²) in [5.74, 6) is -0.411. The maximum atomic E-state index is 12.8. The summed E-state index contributed by atoms with van der Waals surface area (Å²) in [4.78, 5) is 37.4. The summed E-state index contributed by atoms with van der Waals surface area (Å²) in [6.07, 6.45) is 0. The van der Waals surface area contributed by atoms with Gasteiger partial charge in [-0.1, -0.05) is 30.3 Å². The molecule has 0 saturated heterocycles. The van der Waals surface area contributed by atoms with Crippen molar-refractivity contribution in [3.05, 3.63) is 83.3 Å². The van der Waals surface area contributed by atoms with Crippen molar-refractivity contribution >= 4 is 34.3 Å². The van der Waals surface area contributed by atoms with Gasteiger partial charge in [0.05, 0.1) is 12.6 Å². The number of benzene rings is 3. The average Bonchev–Trinajstić information content (AvgIpc) is 3.18. The quantitative estimate of drug-likeness (QED) is 0.413. The van der Waals surface area contributed by atoms with E-state index in [-0.39, 0.29) is 12.5 Å². The van der Waals surface area contributed by atoms with Crippen LogP contribution < -0.4 is 25.9 Å². The van der Waals surface area contributed by atoms with E-state index in [0.29, 0.717) is 34.0 Å². The highest BCUT2D eigenvalue weighted by Gasteiger charge is 2.21. The molecular weight excluding hydrogens is 438 g/mol. The number of hydrogen-bond donors (Lipinski definition) is 2. The second kappa shape index (κ2) is 9.95. The van der Waals surface area contributed by atoms with Crippen molar-refractivity contribution < 1.29 is 23.5 Å². The summed E-state index contributed by atoms with van der Waals surface area (Å²) in [5.41, 5.74) is 1.88. The van der Waals surface area contributed by atoms with E-state index in [1.165, 1.54) is 11.7 Å². The number of aromatic nitrogens is 1. The Morgan fingerprint density at radius 3 is 2.38 bits per heavy atom. The van der Waals surface area contributed by atoms with Crippen molar-refractivity contribution in [2.45, 2.75) is 13.0 Å². The number of hydrogen-bond acceptors (Lipinski definition) is 6. The minimum absolute atomic E-state index is 0.218. The Labute approximate surface area is 194 Å². The van der Waals surface area contributed by atoms with Crippen LogP contribution in [-0.2, 0) is 9.59 Å². The van der Waals surface area contributed by atoms with Gasteiger partial charge in [-0.3, -0.25) is 14.2 Å². The number of rotatable bonds is 8. The molecule has 1 atom stereocenters. The van der Waals surface area contributed by atoms with Crippen LogP contribution in [0.4, 0.5) is 11.4 Å². The van der Waals surface area contributed by atoms with E-state index in [2.05, 4.69) is 10.6 Å². The SMILES string of the molecule is COc1ccccc1OCC(=O)Nc1cccc(NC(=O)C(C)n2c(=O)oc3ccccc32)c1. The fraction of sp³-hybridized carbons (Fsp3) is 0.160. The first-order chi connectivity index (χ1) is 16.5. The Hall–Kier alpha value is -4.53. The first-order valence-electron chi connectivity index (χ1n) is 10.5. The molecule has 4 rings (SSSR count). The van der Waals surface area contributed by atoms with Crippen LogP contribution in [0.2, 0.25) is 0 Å². The predicted molar refractivity (Wildman–Crippen MR) is 127 cm³/mol. The Morgan fingerprint density at radius 2 is 1.62 bits per heavy atom. The topological polar surface area (TPSA) is 112 Å². The number of para-hydroxylation sites is 4. The number of carbonyl (C=O) groups is 2. The smallest absolute Gasteiger partial charge is 0.420 e. The summed E-state index contributed by atoms with van der Waals surface area (Å²) < 4.78 is 17.2. The zero-order valence-corrected chi connectivity index (χ0v) is 18.6. The summed E-state index contributed by atoms with van der Waals surface area (Å²) in [6, 6.07) is 19.8. The third-order valence-electron chi connectivity index (χ3n) is 5.13. The van der Waals surface area contributed by atoms with E-state index in [1.807, 2.05) is 0 Å². The molecule has 0 aliphatic rings. The molecule has 174 valence electrons. The van der Waals surface area contributed by atoms with Crippen molar-refractivity contribution in [3.8, 4) is 11.5 Å². The summed E-state index contributed by atoms with van der Waals surface area (Å²) >= 11 is 0. The summed E-state index contributed by atoms with van der Waals surface area (Å²) in [5, 5.41) is 5.50. The van der Waals surface area contributed by atoms with Crippen LogP contribution in [0.15, 0.2) is 82.0 Å². The number of nitrogens with one attached hydrogen (secondary N) is 2. The molecule has 2 amide bonds. The van der Waals surface area contributed by atoms with Gasteiger partial charge in [0.25, 0.3) is 5.91 Å². The fourth-order valence-electron chi connectivity index (χ4n) is 3.47. The van der Waals surface area contributed by atoms with E-state index in [9.17, 15) is 14.4 Å². The number of ether oxygens (including phenoxy) is 2. The molecule has 0 aliphatic carbocycles. The number of carbonyl (C=O) groups excluding carboxylic acids is 2. The van der Waals surface area contributed by atoms with Crippen molar-refractivity contribution in [2.75, 3.05) is 24.4 Å². The van der Waals surface area contributed by atoms with E-state index in [0.717, 1.165) is 0 Å². The van der Waals surface area contributed by atoms with Crippen molar-refractivity contribution in [3.63, 3.8) is 0 Å². The Balaban J connectivity index is 1.40. The van der Waals surface area contributed by atoms with Gasteiger partial charge >= 0.3 is 5.76 Å². The van der Waals surface area contributed by atoms with Crippen LogP contribution in [0, 0.1) is 0 Å². The molecule has 9 heteroatoms. The molecule has 2 N–H and O–H groups in total. The number of methoxy groups -OCH3 is 1. The molecule has 1 unspecified atom stereocenters. The van der Waals surface area contributed by atoms with Crippen LogP contribution in [0.3, 0.4) is 0 Å². The molecule has 34 heavy (non-hydrogen) atoms. The Bertz CT molecular complexity index is 1390. The zero-order chi connectivity index (χ0) is 24.1. The molecule has 0 bridgehead atoms. The summed E-state index contributed by atoms with van der Waals surface area (Å²) in [7, 11) is 1.52. The number of anilines is 2. The van der Waals surface area contributed by atoms with Gasteiger partial charge in [0.1, 0.15) is 6.04 Å². The first kappa shape index (κ1) is 22.7. The Kier molecular flexibility index (Phi) is 6.63. The monoisotopic (exact) mass is 461 g/mol. The minimum atomic E-state index is -0.816. The van der Waals surface area contributed by atoms with Gasteiger partial charge in [-0.2, -0.15) is 0 Å². The van der Waals surface area contributed by atoms with Gasteiger partial charge in [-0.05, 0) is 49.4 Å². The van der Waals surface area contributed by atoms with E-state index in [1.54, 1.807) is 79.7 Å². The predicted octanol–water partition coefficient (Wildman–Crippen LogP) is 3.82. The van der Waals surface area contributed by atoms with Gasteiger partial charge in [0.2, 0.25) is 5.91 Å². The lowest BCUT2D eigenvalue weighted by Gasteiger charge is -2.14. The van der Waals surface area contributed by atoms with Crippen molar-refractivity contribution in [2.24, 2.45) is 0 Å². The molecule has 9 nitrogen and oxygen atoms in total. The molecule has 1 aromatic heterocycles. The van der Waals surface area contributed by atoms with Gasteiger partial charge in [0, 0.05) is 11.4 Å². The van der Waals surface area contributed by atoms with Crippen LogP contribution in [0.1, 0.15) is 13.0 Å². The van der Waals surface area contributed by atoms with Crippen LogP contribution in [0.5, 0.6) is 11.5 Å². The third-order valence-corrected chi connectivity index (χ3v) is 5.13. The molecule has 1 heterocycles. The highest BCUT2D eigenvalue weighted by Crippen LogP contribution is 2.26. The van der Waals surface area contributed by atoms with E-state index >= 15 is 0 Å². The zero-order valence-electron chi connectivity index (χ0n) is 18.6. The maximum Gasteiger partial charge on any atom is 0.420 e. The number of nitrogens with zero attached hydrogens (tertiary/aromatic N) is 1. The number of amides is 2. The second-order valence-electron chi connectivity index (χ2n) is 7.44. The van der Waals surface area contributed by atoms with Crippen LogP contribution in [-0.4, -0.2) is 30.1 Å². The minimum Gasteiger partial charge on any atom is -0.493 e.